The third-order valence-electron chi connectivity index (χ3n) is 0. The first-order valence-electron chi connectivity index (χ1n) is 0. The molecule has 0 aromatic rings. The molecule has 4 heavy (non-hydrogen) atoms. The van der Waals surface area contributed by atoms with Crippen molar-refractivity contribution in [3.8, 4) is 0 Å². The zero-order valence-corrected chi connectivity index (χ0v) is 6.11. The summed E-state index contributed by atoms with van der Waals surface area (Å²) in [4.78, 5) is 0. The van der Waals surface area contributed by atoms with Crippen LogP contribution in [0.2, 0.25) is 0 Å². The van der Waals surface area contributed by atoms with Crippen LogP contribution in [-0.2, 0) is 39.9 Å². The third kappa shape index (κ3) is 9.12. The van der Waals surface area contributed by atoms with Crippen LogP contribution in [0.25, 0.3) is 0 Å². The van der Waals surface area contributed by atoms with E-state index >= 15 is 0 Å². The van der Waals surface area contributed by atoms with Gasteiger partial charge in [-0.1, -0.05) is 0 Å². The molecular formula is Cl2PdRh+2. The molecule has 0 N–H and O–H groups in total. The minimum Gasteiger partial charge on any atom is -1.00 e. The summed E-state index contributed by atoms with van der Waals surface area (Å²) in [5.41, 5.74) is 0. The minimum atomic E-state index is 0. The van der Waals surface area contributed by atoms with E-state index in [0.717, 1.165) is 0 Å². The fourth-order valence-corrected chi connectivity index (χ4v) is 0. The molecule has 0 rings (SSSR count). The second-order valence-corrected chi connectivity index (χ2v) is 0. The van der Waals surface area contributed by atoms with Gasteiger partial charge < -0.3 is 24.8 Å². The molecule has 4 heteroatoms. The van der Waals surface area contributed by atoms with E-state index < -0.39 is 0 Å². The van der Waals surface area contributed by atoms with Gasteiger partial charge in [-0.15, -0.1) is 0 Å². The normalized spacial score (nSPS) is 0. The average molecular weight is 280 g/mol. The Bertz CT molecular complexity index is 6.00. The van der Waals surface area contributed by atoms with Crippen LogP contribution in [0.5, 0.6) is 0 Å². The van der Waals surface area contributed by atoms with Crippen molar-refractivity contribution in [2.45, 2.75) is 0 Å². The molecule has 0 aromatic heterocycles. The Morgan fingerprint density at radius 3 is 0.750 bits per heavy atom. The van der Waals surface area contributed by atoms with Crippen molar-refractivity contribution in [3.63, 3.8) is 0 Å². The van der Waals surface area contributed by atoms with Crippen molar-refractivity contribution < 1.29 is 64.7 Å². The SMILES string of the molecule is [Cl-].[Cl-].[Pd+2].[Rh+2]. The van der Waals surface area contributed by atoms with Gasteiger partial charge in [-0.2, -0.15) is 0 Å². The maximum absolute atomic E-state index is 0. The Morgan fingerprint density at radius 1 is 0.750 bits per heavy atom. The van der Waals surface area contributed by atoms with Gasteiger partial charge >= 0.3 is 39.9 Å². The van der Waals surface area contributed by atoms with Crippen LogP contribution in [0.3, 0.4) is 0 Å². The largest absolute Gasteiger partial charge is 2.00 e. The summed E-state index contributed by atoms with van der Waals surface area (Å²) in [6, 6.07) is 0. The molecule has 0 fully saturated rings. The fourth-order valence-electron chi connectivity index (χ4n) is 0. The summed E-state index contributed by atoms with van der Waals surface area (Å²) in [5, 5.41) is 0. The second kappa shape index (κ2) is 20.9. The van der Waals surface area contributed by atoms with Gasteiger partial charge in [0.25, 0.3) is 0 Å². The van der Waals surface area contributed by atoms with Gasteiger partial charge in [-0.25, -0.2) is 0 Å². The van der Waals surface area contributed by atoms with E-state index in [1.807, 2.05) is 0 Å². The van der Waals surface area contributed by atoms with Crippen molar-refractivity contribution >= 4 is 0 Å². The van der Waals surface area contributed by atoms with Gasteiger partial charge in [0.1, 0.15) is 0 Å². The number of rotatable bonds is 0. The Morgan fingerprint density at radius 2 is 0.750 bits per heavy atom. The van der Waals surface area contributed by atoms with Crippen molar-refractivity contribution in [2.75, 3.05) is 0 Å². The van der Waals surface area contributed by atoms with Gasteiger partial charge in [0, 0.05) is 0 Å². The van der Waals surface area contributed by atoms with Crippen LogP contribution in [0.15, 0.2) is 0 Å². The molecular weight excluding hydrogens is 280 g/mol. The maximum Gasteiger partial charge on any atom is 2.00 e. The second-order valence-electron chi connectivity index (χ2n) is 0. The molecule has 0 aliphatic rings. The van der Waals surface area contributed by atoms with Crippen molar-refractivity contribution in [1.82, 2.24) is 0 Å². The minimum absolute atomic E-state index is 0. The van der Waals surface area contributed by atoms with Gasteiger partial charge in [0.15, 0.2) is 0 Å². The molecule has 0 unspecified atom stereocenters. The standard InChI is InChI=1S/2ClH.Pd.Rh/h2*1H;;/q;;2*+2/p-2. The summed E-state index contributed by atoms with van der Waals surface area (Å²) >= 11 is 0. The van der Waals surface area contributed by atoms with Crippen LogP contribution >= 0.6 is 0 Å². The number of hydrogen-bond acceptors (Lipinski definition) is 0. The molecule has 0 nitrogen and oxygen atoms in total. The molecule has 0 saturated heterocycles. The quantitative estimate of drug-likeness (QED) is 0.388. The summed E-state index contributed by atoms with van der Waals surface area (Å²) < 4.78 is 0. The number of halogens is 2. The van der Waals surface area contributed by atoms with E-state index in [-0.39, 0.29) is 64.7 Å². The molecule has 0 aromatic carbocycles. The average Bonchev–Trinajstić information content (AvgIpc) is 0. The topological polar surface area (TPSA) is 0 Å². The van der Waals surface area contributed by atoms with Crippen molar-refractivity contribution in [2.24, 2.45) is 0 Å². The van der Waals surface area contributed by atoms with Gasteiger partial charge in [-0.3, -0.25) is 0 Å². The smallest absolute Gasteiger partial charge is 1.00 e. The number of hydrogen-bond donors (Lipinski definition) is 0. The summed E-state index contributed by atoms with van der Waals surface area (Å²) in [5.74, 6) is 0. The first-order valence-corrected chi connectivity index (χ1v) is 0. The van der Waals surface area contributed by atoms with Crippen molar-refractivity contribution in [3.05, 3.63) is 0 Å². The first-order chi connectivity index (χ1) is 0. The molecule has 0 bridgehead atoms. The van der Waals surface area contributed by atoms with Gasteiger partial charge in [0.2, 0.25) is 0 Å². The zero-order chi connectivity index (χ0) is 0. The van der Waals surface area contributed by atoms with E-state index in [1.54, 1.807) is 0 Å². The van der Waals surface area contributed by atoms with Crippen LogP contribution in [-0.4, -0.2) is 0 Å². The van der Waals surface area contributed by atoms with Gasteiger partial charge in [-0.05, 0) is 0 Å². The van der Waals surface area contributed by atoms with E-state index in [4.69, 9.17) is 0 Å². The fraction of sp³-hybridized carbons (Fsp3) is 0. The molecule has 0 heterocycles. The molecule has 31 valence electrons. The van der Waals surface area contributed by atoms with E-state index in [2.05, 4.69) is 0 Å². The molecule has 1 radical (unpaired) electrons. The maximum atomic E-state index is 0. The monoisotopic (exact) mass is 279 g/mol. The Kier molecular flexibility index (Phi) is 208. The first kappa shape index (κ1) is 39.9. The summed E-state index contributed by atoms with van der Waals surface area (Å²) in [7, 11) is 0. The van der Waals surface area contributed by atoms with E-state index in [9.17, 15) is 0 Å². The molecule has 0 atom stereocenters. The Labute approximate surface area is 64.3 Å². The third-order valence-corrected chi connectivity index (χ3v) is 0. The Balaban J connectivity index is 0. The summed E-state index contributed by atoms with van der Waals surface area (Å²) in [6.45, 7) is 0. The van der Waals surface area contributed by atoms with E-state index in [1.165, 1.54) is 0 Å². The zero-order valence-electron chi connectivity index (χ0n) is 1.41. The predicted molar refractivity (Wildman–Crippen MR) is 0 cm³/mol. The molecule has 0 spiro atoms. The molecule has 0 aliphatic carbocycles. The van der Waals surface area contributed by atoms with Crippen LogP contribution < -0.4 is 24.8 Å². The van der Waals surface area contributed by atoms with Crippen LogP contribution in [0.1, 0.15) is 0 Å². The summed E-state index contributed by atoms with van der Waals surface area (Å²) in [6.07, 6.45) is 0. The van der Waals surface area contributed by atoms with Crippen LogP contribution in [0.4, 0.5) is 0 Å². The molecule has 0 amide bonds. The van der Waals surface area contributed by atoms with Gasteiger partial charge in [0.05, 0.1) is 0 Å². The Hall–Kier alpha value is 1.87. The van der Waals surface area contributed by atoms with Crippen molar-refractivity contribution in [1.29, 1.82) is 0 Å². The van der Waals surface area contributed by atoms with Crippen LogP contribution in [0, 0.1) is 0 Å². The predicted octanol–water partition coefficient (Wildman–Crippen LogP) is -6.00. The molecule has 0 saturated carbocycles. The van der Waals surface area contributed by atoms with E-state index in [0.29, 0.717) is 0 Å². The molecule has 0 aliphatic heterocycles.